The third-order valence-electron chi connectivity index (χ3n) is 4.40. The largest absolute Gasteiger partial charge is 0.296 e. The van der Waals surface area contributed by atoms with Gasteiger partial charge < -0.3 is 0 Å². The van der Waals surface area contributed by atoms with E-state index in [0.29, 0.717) is 32.8 Å². The molecule has 0 radical (unpaired) electrons. The van der Waals surface area contributed by atoms with Crippen LogP contribution in [0.3, 0.4) is 0 Å². The lowest BCUT2D eigenvalue weighted by Crippen LogP contribution is -2.26. The molecule has 0 saturated carbocycles. The third kappa shape index (κ3) is 3.65. The Bertz CT molecular complexity index is 1050. The minimum absolute atomic E-state index is 0.0871. The van der Waals surface area contributed by atoms with E-state index in [1.54, 1.807) is 18.2 Å². The fourth-order valence-electron chi connectivity index (χ4n) is 3.17. The molecule has 0 unspecified atom stereocenters. The summed E-state index contributed by atoms with van der Waals surface area (Å²) in [6.45, 7) is 4.10. The van der Waals surface area contributed by atoms with Crippen molar-refractivity contribution in [2.45, 2.75) is 26.7 Å². The second-order valence-electron chi connectivity index (χ2n) is 7.37. The summed E-state index contributed by atoms with van der Waals surface area (Å²) in [4.78, 5) is 29.9. The van der Waals surface area contributed by atoms with Crippen molar-refractivity contribution in [2.75, 3.05) is 5.32 Å². The normalized spacial score (nSPS) is 15.4. The van der Waals surface area contributed by atoms with Gasteiger partial charge in [0.1, 0.15) is 5.69 Å². The average molecular weight is 401 g/mol. The van der Waals surface area contributed by atoms with E-state index in [4.69, 9.17) is 11.6 Å². The van der Waals surface area contributed by atoms with Crippen LogP contribution in [0.4, 0.5) is 5.13 Å². The van der Waals surface area contributed by atoms with Gasteiger partial charge in [0, 0.05) is 17.0 Å². The summed E-state index contributed by atoms with van der Waals surface area (Å²) in [5.41, 5.74) is 2.41. The summed E-state index contributed by atoms with van der Waals surface area (Å²) in [5, 5.41) is 10.7. The summed E-state index contributed by atoms with van der Waals surface area (Å²) in [6, 6.07) is 8.90. The molecule has 6 nitrogen and oxygen atoms in total. The zero-order chi connectivity index (χ0) is 19.2. The van der Waals surface area contributed by atoms with Gasteiger partial charge >= 0.3 is 0 Å². The molecule has 3 aromatic rings. The Hall–Kier alpha value is -2.51. The number of aromatic amines is 1. The number of thiazole rings is 1. The number of hydrogen-bond acceptors (Lipinski definition) is 5. The van der Waals surface area contributed by atoms with Crippen molar-refractivity contribution in [3.05, 3.63) is 51.6 Å². The van der Waals surface area contributed by atoms with Crippen LogP contribution in [0, 0.1) is 5.41 Å². The molecule has 2 aromatic heterocycles. The molecule has 2 heterocycles. The van der Waals surface area contributed by atoms with E-state index in [1.165, 1.54) is 11.3 Å². The van der Waals surface area contributed by atoms with E-state index in [1.807, 2.05) is 26.0 Å². The molecule has 0 atom stereocenters. The molecule has 1 aliphatic rings. The first-order valence-corrected chi connectivity index (χ1v) is 9.66. The predicted molar refractivity (Wildman–Crippen MR) is 106 cm³/mol. The average Bonchev–Trinajstić information content (AvgIpc) is 3.21. The number of carbonyl (C=O) groups is 2. The van der Waals surface area contributed by atoms with Crippen LogP contribution >= 0.6 is 22.9 Å². The first-order chi connectivity index (χ1) is 12.8. The SMILES string of the molecule is CC1(C)CC(=O)c2sc(NC(=O)c3cc(-c4cccc(Cl)c4)n[nH]3)nc2C1. The quantitative estimate of drug-likeness (QED) is 0.672. The number of benzene rings is 1. The molecular formula is C19H17ClN4O2S. The number of H-pyrrole nitrogens is 1. The van der Waals surface area contributed by atoms with Gasteiger partial charge in [-0.2, -0.15) is 5.10 Å². The van der Waals surface area contributed by atoms with E-state index >= 15 is 0 Å². The number of amides is 1. The monoisotopic (exact) mass is 400 g/mol. The van der Waals surface area contributed by atoms with Crippen molar-refractivity contribution in [2.24, 2.45) is 5.41 Å². The molecule has 1 amide bonds. The van der Waals surface area contributed by atoms with Crippen molar-refractivity contribution >= 4 is 39.8 Å². The Morgan fingerprint density at radius 1 is 1.30 bits per heavy atom. The van der Waals surface area contributed by atoms with Crippen molar-refractivity contribution in [1.29, 1.82) is 0 Å². The van der Waals surface area contributed by atoms with Crippen molar-refractivity contribution in [3.63, 3.8) is 0 Å². The van der Waals surface area contributed by atoms with E-state index in [-0.39, 0.29) is 17.1 Å². The lowest BCUT2D eigenvalue weighted by atomic mass is 9.78. The first-order valence-electron chi connectivity index (χ1n) is 8.46. The van der Waals surface area contributed by atoms with E-state index < -0.39 is 0 Å². The number of anilines is 1. The van der Waals surface area contributed by atoms with Crippen LogP contribution in [0.5, 0.6) is 0 Å². The van der Waals surface area contributed by atoms with Gasteiger partial charge in [-0.15, -0.1) is 0 Å². The Morgan fingerprint density at radius 3 is 2.89 bits per heavy atom. The lowest BCUT2D eigenvalue weighted by Gasteiger charge is -2.26. The standard InChI is InChI=1S/C19H17ClN4O2S/c1-19(2)8-14-16(15(25)9-19)27-18(21-14)22-17(26)13-7-12(23-24-13)10-4-3-5-11(20)6-10/h3-7H,8-9H2,1-2H3,(H,23,24)(H,21,22,26). The van der Waals surface area contributed by atoms with E-state index in [2.05, 4.69) is 20.5 Å². The highest BCUT2D eigenvalue weighted by Gasteiger charge is 2.34. The van der Waals surface area contributed by atoms with Crippen molar-refractivity contribution < 1.29 is 9.59 Å². The molecule has 4 rings (SSSR count). The highest BCUT2D eigenvalue weighted by atomic mass is 35.5. The Balaban J connectivity index is 1.53. The third-order valence-corrected chi connectivity index (χ3v) is 5.69. The number of Topliss-reactive ketones (excluding diaryl/α,β-unsaturated/α-hetero) is 1. The predicted octanol–water partition coefficient (Wildman–Crippen LogP) is 4.59. The summed E-state index contributed by atoms with van der Waals surface area (Å²) < 4.78 is 0. The Morgan fingerprint density at radius 2 is 2.11 bits per heavy atom. The van der Waals surface area contributed by atoms with Crippen LogP contribution in [0.2, 0.25) is 5.02 Å². The van der Waals surface area contributed by atoms with Crippen LogP contribution in [-0.2, 0) is 6.42 Å². The molecule has 2 N–H and O–H groups in total. The van der Waals surface area contributed by atoms with Crippen molar-refractivity contribution in [3.8, 4) is 11.3 Å². The summed E-state index contributed by atoms with van der Waals surface area (Å²) in [7, 11) is 0. The van der Waals surface area contributed by atoms with E-state index in [0.717, 1.165) is 17.7 Å². The number of nitrogens with zero attached hydrogens (tertiary/aromatic N) is 2. The highest BCUT2D eigenvalue weighted by molar-refractivity contribution is 7.17. The smallest absolute Gasteiger partial charge is 0.275 e. The maximum Gasteiger partial charge on any atom is 0.275 e. The molecule has 0 saturated heterocycles. The van der Waals surface area contributed by atoms with Gasteiger partial charge in [0.05, 0.1) is 16.3 Å². The van der Waals surface area contributed by atoms with Crippen LogP contribution < -0.4 is 5.32 Å². The highest BCUT2D eigenvalue weighted by Crippen LogP contribution is 2.38. The number of aromatic nitrogens is 3. The fraction of sp³-hybridized carbons (Fsp3) is 0.263. The summed E-state index contributed by atoms with van der Waals surface area (Å²) in [6.07, 6.45) is 1.22. The number of fused-ring (bicyclic) bond motifs is 1. The summed E-state index contributed by atoms with van der Waals surface area (Å²) in [5.74, 6) is -0.266. The van der Waals surface area contributed by atoms with Crippen molar-refractivity contribution in [1.82, 2.24) is 15.2 Å². The molecule has 0 spiro atoms. The maximum atomic E-state index is 12.5. The number of hydrogen-bond donors (Lipinski definition) is 2. The Labute approximate surface area is 165 Å². The molecule has 1 aromatic carbocycles. The number of ketones is 1. The molecule has 1 aliphatic carbocycles. The number of rotatable bonds is 3. The topological polar surface area (TPSA) is 87.7 Å². The van der Waals surface area contributed by atoms with Gasteiger partial charge in [-0.25, -0.2) is 4.98 Å². The molecule has 0 fully saturated rings. The zero-order valence-corrected chi connectivity index (χ0v) is 16.4. The fourth-order valence-corrected chi connectivity index (χ4v) is 4.28. The molecular weight excluding hydrogens is 384 g/mol. The Kier molecular flexibility index (Phi) is 4.36. The molecule has 8 heteroatoms. The van der Waals surface area contributed by atoms with Gasteiger partial charge in [0.25, 0.3) is 5.91 Å². The lowest BCUT2D eigenvalue weighted by molar-refractivity contribution is 0.0915. The van der Waals surface area contributed by atoms with Gasteiger partial charge in [-0.1, -0.05) is 48.9 Å². The molecule has 27 heavy (non-hydrogen) atoms. The zero-order valence-electron chi connectivity index (χ0n) is 14.8. The molecule has 138 valence electrons. The minimum Gasteiger partial charge on any atom is -0.296 e. The molecule has 0 aliphatic heterocycles. The van der Waals surface area contributed by atoms with Crippen LogP contribution in [0.15, 0.2) is 30.3 Å². The number of halogens is 1. The summed E-state index contributed by atoms with van der Waals surface area (Å²) >= 11 is 7.23. The number of carbonyl (C=O) groups excluding carboxylic acids is 2. The van der Waals surface area contributed by atoms with Gasteiger partial charge in [0.15, 0.2) is 10.9 Å². The first kappa shape index (κ1) is 17.9. The second kappa shape index (κ2) is 6.58. The van der Waals surface area contributed by atoms with Crippen LogP contribution in [-0.4, -0.2) is 26.9 Å². The van der Waals surface area contributed by atoms with Gasteiger partial charge in [-0.05, 0) is 30.0 Å². The number of nitrogens with one attached hydrogen (secondary N) is 2. The maximum absolute atomic E-state index is 12.5. The molecule has 0 bridgehead atoms. The van der Waals surface area contributed by atoms with Crippen LogP contribution in [0.1, 0.15) is 46.1 Å². The van der Waals surface area contributed by atoms with E-state index in [9.17, 15) is 9.59 Å². The van der Waals surface area contributed by atoms with Gasteiger partial charge in [0.2, 0.25) is 0 Å². The minimum atomic E-state index is -0.353. The van der Waals surface area contributed by atoms with Gasteiger partial charge in [-0.3, -0.25) is 20.0 Å². The second-order valence-corrected chi connectivity index (χ2v) is 8.80. The van der Waals surface area contributed by atoms with Crippen LogP contribution in [0.25, 0.3) is 11.3 Å².